The van der Waals surface area contributed by atoms with E-state index in [-0.39, 0.29) is 23.2 Å². The van der Waals surface area contributed by atoms with Crippen LogP contribution < -0.4 is 5.32 Å². The number of amides is 1. The van der Waals surface area contributed by atoms with E-state index in [1.165, 1.54) is 0 Å². The summed E-state index contributed by atoms with van der Waals surface area (Å²) >= 11 is 0. The third kappa shape index (κ3) is 4.16. The van der Waals surface area contributed by atoms with Crippen molar-refractivity contribution in [3.63, 3.8) is 0 Å². The molecule has 1 aromatic carbocycles. The monoisotopic (exact) mass is 413 g/mol. The zero-order chi connectivity index (χ0) is 18.1. The number of rotatable bonds is 3. The van der Waals surface area contributed by atoms with Gasteiger partial charge in [-0.05, 0) is 42.9 Å². The summed E-state index contributed by atoms with van der Waals surface area (Å²) in [5.41, 5.74) is 0.480. The lowest BCUT2D eigenvalue weighted by atomic mass is 10.0. The van der Waals surface area contributed by atoms with Crippen LogP contribution in [0, 0.1) is 11.8 Å². The second-order valence-electron chi connectivity index (χ2n) is 7.73. The van der Waals surface area contributed by atoms with E-state index in [9.17, 15) is 13.2 Å². The third-order valence-electron chi connectivity index (χ3n) is 5.96. The van der Waals surface area contributed by atoms with Crippen LogP contribution in [0.3, 0.4) is 0 Å². The van der Waals surface area contributed by atoms with Gasteiger partial charge in [0.2, 0.25) is 10.0 Å². The van der Waals surface area contributed by atoms with E-state index in [2.05, 4.69) is 5.32 Å². The van der Waals surface area contributed by atoms with Gasteiger partial charge in [0.1, 0.15) is 0 Å². The van der Waals surface area contributed by atoms with Crippen molar-refractivity contribution in [2.24, 2.45) is 11.8 Å². The van der Waals surface area contributed by atoms with Crippen LogP contribution >= 0.6 is 12.4 Å². The van der Waals surface area contributed by atoms with Gasteiger partial charge < -0.3 is 10.2 Å². The van der Waals surface area contributed by atoms with E-state index in [4.69, 9.17) is 0 Å². The molecule has 2 atom stereocenters. The summed E-state index contributed by atoms with van der Waals surface area (Å²) in [7, 11) is -3.53. The minimum absolute atomic E-state index is 0. The molecule has 3 aliphatic rings. The summed E-state index contributed by atoms with van der Waals surface area (Å²) in [5.74, 6) is 1.01. The summed E-state index contributed by atoms with van der Waals surface area (Å²) in [6.07, 6.45) is 3.97. The van der Waals surface area contributed by atoms with Gasteiger partial charge in [0.25, 0.3) is 5.91 Å². The Hall–Kier alpha value is -1.15. The average molecular weight is 414 g/mol. The lowest BCUT2D eigenvalue weighted by Gasteiger charge is -2.21. The fourth-order valence-electron chi connectivity index (χ4n) is 4.42. The van der Waals surface area contributed by atoms with Gasteiger partial charge in [-0.3, -0.25) is 4.79 Å². The predicted octanol–water partition coefficient (Wildman–Crippen LogP) is 1.96. The molecule has 0 saturated carbocycles. The van der Waals surface area contributed by atoms with E-state index in [0.29, 0.717) is 30.5 Å². The number of carbonyl (C=O) groups is 1. The van der Waals surface area contributed by atoms with Crippen molar-refractivity contribution >= 4 is 28.3 Å². The van der Waals surface area contributed by atoms with Gasteiger partial charge in [0.15, 0.2) is 0 Å². The van der Waals surface area contributed by atoms with Crippen molar-refractivity contribution in [1.29, 1.82) is 0 Å². The summed E-state index contributed by atoms with van der Waals surface area (Å²) in [6, 6.07) is 6.60. The van der Waals surface area contributed by atoms with Crippen LogP contribution in [-0.2, 0) is 10.0 Å². The molecule has 27 heavy (non-hydrogen) atoms. The standard InChI is InChI=1S/C19H27N3O3S.ClH/c23-19(21-13-16-11-20-12-17(16)14-21)15-6-5-7-18(10-15)26(24,25)22-8-3-1-2-4-9-22;/h5-7,10,16-17,20H,1-4,8-9,11-14H2;1H/t16-,17+;. The molecule has 3 fully saturated rings. The van der Waals surface area contributed by atoms with Crippen LogP contribution in [0.15, 0.2) is 29.2 Å². The van der Waals surface area contributed by atoms with Crippen LogP contribution in [-0.4, -0.2) is 62.8 Å². The highest BCUT2D eigenvalue weighted by Gasteiger charge is 2.38. The number of likely N-dealkylation sites (tertiary alicyclic amines) is 1. The molecule has 3 heterocycles. The van der Waals surface area contributed by atoms with Crippen molar-refractivity contribution < 1.29 is 13.2 Å². The molecule has 3 saturated heterocycles. The number of carbonyl (C=O) groups excluding carboxylic acids is 1. The summed E-state index contributed by atoms with van der Waals surface area (Å²) in [6.45, 7) is 4.61. The van der Waals surface area contributed by atoms with Gasteiger partial charge in [-0.2, -0.15) is 4.31 Å². The number of nitrogens with zero attached hydrogens (tertiary/aromatic N) is 2. The molecule has 0 bridgehead atoms. The highest BCUT2D eigenvalue weighted by molar-refractivity contribution is 7.89. The highest BCUT2D eigenvalue weighted by Crippen LogP contribution is 2.28. The Morgan fingerprint density at radius 1 is 1.00 bits per heavy atom. The van der Waals surface area contributed by atoms with Gasteiger partial charge in [-0.15, -0.1) is 12.4 Å². The van der Waals surface area contributed by atoms with Crippen molar-refractivity contribution in [2.45, 2.75) is 30.6 Å². The van der Waals surface area contributed by atoms with Crippen LogP contribution in [0.5, 0.6) is 0 Å². The summed E-state index contributed by atoms with van der Waals surface area (Å²) < 4.78 is 27.6. The van der Waals surface area contributed by atoms with Gasteiger partial charge >= 0.3 is 0 Å². The number of fused-ring (bicyclic) bond motifs is 1. The molecule has 0 spiro atoms. The molecule has 150 valence electrons. The molecule has 4 rings (SSSR count). The fraction of sp³-hybridized carbons (Fsp3) is 0.632. The Morgan fingerprint density at radius 3 is 2.26 bits per heavy atom. The summed E-state index contributed by atoms with van der Waals surface area (Å²) in [5, 5.41) is 3.37. The fourth-order valence-corrected chi connectivity index (χ4v) is 5.99. The molecule has 0 aliphatic carbocycles. The van der Waals surface area contributed by atoms with Gasteiger partial charge in [-0.1, -0.05) is 18.9 Å². The molecule has 1 N–H and O–H groups in total. The average Bonchev–Trinajstić information content (AvgIpc) is 3.13. The third-order valence-corrected chi connectivity index (χ3v) is 7.86. The number of sulfonamides is 1. The number of hydrogen-bond acceptors (Lipinski definition) is 4. The molecule has 1 amide bonds. The Kier molecular flexibility index (Phi) is 6.46. The van der Waals surface area contributed by atoms with Crippen LogP contribution in [0.4, 0.5) is 0 Å². The molecule has 0 unspecified atom stereocenters. The van der Waals surface area contributed by atoms with E-state index >= 15 is 0 Å². The number of benzene rings is 1. The van der Waals surface area contributed by atoms with E-state index in [0.717, 1.165) is 51.9 Å². The molecule has 0 aromatic heterocycles. The maximum Gasteiger partial charge on any atom is 0.253 e. The van der Waals surface area contributed by atoms with Crippen molar-refractivity contribution in [3.8, 4) is 0 Å². The Bertz CT molecular complexity index is 766. The zero-order valence-corrected chi connectivity index (χ0v) is 17.1. The van der Waals surface area contributed by atoms with Gasteiger partial charge in [0.05, 0.1) is 4.90 Å². The number of nitrogens with one attached hydrogen (secondary N) is 1. The zero-order valence-electron chi connectivity index (χ0n) is 15.5. The number of hydrogen-bond donors (Lipinski definition) is 1. The first kappa shape index (κ1) is 20.6. The summed E-state index contributed by atoms with van der Waals surface area (Å²) in [4.78, 5) is 15.0. The van der Waals surface area contributed by atoms with E-state index in [1.54, 1.807) is 28.6 Å². The Labute approximate surface area is 167 Å². The first-order chi connectivity index (χ1) is 12.6. The van der Waals surface area contributed by atoms with E-state index < -0.39 is 10.0 Å². The van der Waals surface area contributed by atoms with Crippen molar-refractivity contribution in [1.82, 2.24) is 14.5 Å². The largest absolute Gasteiger partial charge is 0.338 e. The van der Waals surface area contributed by atoms with Gasteiger partial charge in [0, 0.05) is 44.8 Å². The molecule has 8 heteroatoms. The second-order valence-corrected chi connectivity index (χ2v) is 9.67. The molecule has 3 aliphatic heterocycles. The molecule has 0 radical (unpaired) electrons. The highest BCUT2D eigenvalue weighted by atomic mass is 35.5. The smallest absolute Gasteiger partial charge is 0.253 e. The maximum atomic E-state index is 13.0. The first-order valence-corrected chi connectivity index (χ1v) is 11.1. The second kappa shape index (κ2) is 8.47. The minimum Gasteiger partial charge on any atom is -0.338 e. The maximum absolute atomic E-state index is 13.0. The minimum atomic E-state index is -3.53. The van der Waals surface area contributed by atoms with Gasteiger partial charge in [-0.25, -0.2) is 8.42 Å². The Balaban J connectivity index is 0.00000210. The topological polar surface area (TPSA) is 69.7 Å². The lowest BCUT2D eigenvalue weighted by Crippen LogP contribution is -2.33. The SMILES string of the molecule is Cl.O=C(c1cccc(S(=O)(=O)N2CCCCCC2)c1)N1C[C@H]2CNC[C@H]2C1. The first-order valence-electron chi connectivity index (χ1n) is 9.66. The lowest BCUT2D eigenvalue weighted by molar-refractivity contribution is 0.0781. The van der Waals surface area contributed by atoms with Crippen LogP contribution in [0.2, 0.25) is 0 Å². The molecular weight excluding hydrogens is 386 g/mol. The molecule has 6 nitrogen and oxygen atoms in total. The molecule has 1 aromatic rings. The quantitative estimate of drug-likeness (QED) is 0.822. The molecular formula is C19H28ClN3O3S. The normalized spacial score (nSPS) is 26.3. The van der Waals surface area contributed by atoms with Crippen molar-refractivity contribution in [3.05, 3.63) is 29.8 Å². The Morgan fingerprint density at radius 2 is 1.63 bits per heavy atom. The van der Waals surface area contributed by atoms with E-state index in [1.807, 2.05) is 4.90 Å². The number of halogens is 1. The van der Waals surface area contributed by atoms with Crippen LogP contribution in [0.25, 0.3) is 0 Å². The van der Waals surface area contributed by atoms with Crippen molar-refractivity contribution in [2.75, 3.05) is 39.3 Å². The van der Waals surface area contributed by atoms with Crippen LogP contribution in [0.1, 0.15) is 36.0 Å². The predicted molar refractivity (Wildman–Crippen MR) is 107 cm³/mol.